The van der Waals surface area contributed by atoms with E-state index < -0.39 is 5.82 Å². The van der Waals surface area contributed by atoms with Crippen LogP contribution >= 0.6 is 0 Å². The van der Waals surface area contributed by atoms with Crippen LogP contribution in [0.4, 0.5) is 10.1 Å². The maximum Gasteiger partial charge on any atom is 0.227 e. The maximum atomic E-state index is 14.3. The van der Waals surface area contributed by atoms with E-state index in [1.807, 2.05) is 30.3 Å². The maximum absolute atomic E-state index is 14.3. The molecule has 31 heavy (non-hydrogen) atoms. The van der Waals surface area contributed by atoms with E-state index in [1.54, 1.807) is 30.0 Å². The molecule has 0 aliphatic carbocycles. The molecule has 158 valence electrons. The Morgan fingerprint density at radius 3 is 2.65 bits per heavy atom. The zero-order chi connectivity index (χ0) is 22.2. The number of anilines is 1. The van der Waals surface area contributed by atoms with Gasteiger partial charge in [-0.2, -0.15) is 5.21 Å². The predicted octanol–water partition coefficient (Wildman–Crippen LogP) is 3.99. The Bertz CT molecular complexity index is 1100. The Morgan fingerprint density at radius 2 is 2.03 bits per heavy atom. The number of hydrogen-bond donors (Lipinski definition) is 2. The van der Waals surface area contributed by atoms with Crippen LogP contribution in [0.15, 0.2) is 73.5 Å². The summed E-state index contributed by atoms with van der Waals surface area (Å²) in [6.07, 6.45) is 7.08. The first-order chi connectivity index (χ1) is 15.0. The SMILES string of the molecule is C=C/C=C(\C=C/N)c1ccc(CN(C(=O)CC)c2cc(F)cc(-c3nn[nH]n3)c2)cc1. The molecule has 0 fully saturated rings. The molecule has 0 bridgehead atoms. The molecule has 0 saturated heterocycles. The highest BCUT2D eigenvalue weighted by Gasteiger charge is 2.18. The second-order valence-corrected chi connectivity index (χ2v) is 6.68. The lowest BCUT2D eigenvalue weighted by Gasteiger charge is -2.23. The standard InChI is InChI=1S/C23H23FN6O/c1-3-5-17(10-11-25)18-8-6-16(7-9-18)15-30(22(31)4-2)21-13-19(12-20(24)14-21)23-26-28-29-27-23/h3,5-14H,1,4,15,25H2,2H3,(H,26,27,28,29)/b11-10-,17-5+. The van der Waals surface area contributed by atoms with Crippen molar-refractivity contribution in [1.82, 2.24) is 20.6 Å². The van der Waals surface area contributed by atoms with Crippen LogP contribution in [-0.4, -0.2) is 26.5 Å². The average Bonchev–Trinajstić information content (AvgIpc) is 3.32. The fourth-order valence-electron chi connectivity index (χ4n) is 3.12. The molecule has 0 aliphatic rings. The topological polar surface area (TPSA) is 101 Å². The van der Waals surface area contributed by atoms with Gasteiger partial charge in [0.15, 0.2) is 0 Å². The van der Waals surface area contributed by atoms with Gasteiger partial charge in [-0.15, -0.1) is 10.2 Å². The number of nitrogens with zero attached hydrogens (tertiary/aromatic N) is 4. The molecule has 0 saturated carbocycles. The summed E-state index contributed by atoms with van der Waals surface area (Å²) >= 11 is 0. The lowest BCUT2D eigenvalue weighted by Crippen LogP contribution is -2.29. The van der Waals surface area contributed by atoms with Gasteiger partial charge in [0.1, 0.15) is 5.82 Å². The third kappa shape index (κ3) is 5.30. The van der Waals surface area contributed by atoms with E-state index in [0.717, 1.165) is 16.7 Å². The van der Waals surface area contributed by atoms with Crippen molar-refractivity contribution in [2.75, 3.05) is 4.90 Å². The molecule has 3 rings (SSSR count). The van der Waals surface area contributed by atoms with E-state index in [-0.39, 0.29) is 24.7 Å². The van der Waals surface area contributed by atoms with Gasteiger partial charge in [-0.25, -0.2) is 4.39 Å². The van der Waals surface area contributed by atoms with Crippen molar-refractivity contribution in [3.05, 3.63) is 90.4 Å². The minimum absolute atomic E-state index is 0.132. The molecule has 1 aromatic heterocycles. The first-order valence-electron chi connectivity index (χ1n) is 9.70. The van der Waals surface area contributed by atoms with Crippen LogP contribution in [0.5, 0.6) is 0 Å². The predicted molar refractivity (Wildman–Crippen MR) is 119 cm³/mol. The number of benzene rings is 2. The number of nitrogens with two attached hydrogens (primary N) is 1. The number of carbonyl (C=O) groups is 1. The Labute approximate surface area is 179 Å². The van der Waals surface area contributed by atoms with Gasteiger partial charge in [-0.3, -0.25) is 4.79 Å². The van der Waals surface area contributed by atoms with E-state index in [0.29, 0.717) is 11.3 Å². The van der Waals surface area contributed by atoms with Gasteiger partial charge in [-0.1, -0.05) is 49.9 Å². The van der Waals surface area contributed by atoms with Crippen molar-refractivity contribution in [3.63, 3.8) is 0 Å². The normalized spacial score (nSPS) is 11.6. The van der Waals surface area contributed by atoms with Crippen LogP contribution in [0, 0.1) is 5.82 Å². The van der Waals surface area contributed by atoms with Crippen LogP contribution in [0.3, 0.4) is 0 Å². The smallest absolute Gasteiger partial charge is 0.227 e. The molecule has 2 aromatic carbocycles. The van der Waals surface area contributed by atoms with Crippen LogP contribution in [0.25, 0.3) is 17.0 Å². The molecule has 1 amide bonds. The zero-order valence-corrected chi connectivity index (χ0v) is 17.1. The fraction of sp³-hybridized carbons (Fsp3) is 0.130. The molecular formula is C23H23FN6O. The van der Waals surface area contributed by atoms with Crippen molar-refractivity contribution >= 4 is 17.2 Å². The molecular weight excluding hydrogens is 395 g/mol. The number of nitrogens with one attached hydrogen (secondary N) is 1. The van der Waals surface area contributed by atoms with Crippen LogP contribution in [0.2, 0.25) is 0 Å². The highest BCUT2D eigenvalue weighted by Crippen LogP contribution is 2.26. The number of amides is 1. The number of aromatic amines is 1. The summed E-state index contributed by atoms with van der Waals surface area (Å²) in [5.41, 5.74) is 9.15. The number of tetrazole rings is 1. The quantitative estimate of drug-likeness (QED) is 0.539. The third-order valence-electron chi connectivity index (χ3n) is 4.60. The Balaban J connectivity index is 1.92. The summed E-state index contributed by atoms with van der Waals surface area (Å²) < 4.78 is 14.3. The van der Waals surface area contributed by atoms with Gasteiger partial charge in [0.25, 0.3) is 0 Å². The Kier molecular flexibility index (Phi) is 7.05. The minimum Gasteiger partial charge on any atom is -0.405 e. The lowest BCUT2D eigenvalue weighted by atomic mass is 10.0. The number of aromatic nitrogens is 4. The summed E-state index contributed by atoms with van der Waals surface area (Å²) in [7, 11) is 0. The highest BCUT2D eigenvalue weighted by atomic mass is 19.1. The van der Waals surface area contributed by atoms with Gasteiger partial charge < -0.3 is 10.6 Å². The van der Waals surface area contributed by atoms with Gasteiger partial charge in [0.05, 0.1) is 6.54 Å². The average molecular weight is 418 g/mol. The second-order valence-electron chi connectivity index (χ2n) is 6.68. The van der Waals surface area contributed by atoms with Gasteiger partial charge >= 0.3 is 0 Å². The molecule has 3 N–H and O–H groups in total. The monoisotopic (exact) mass is 418 g/mol. The second kappa shape index (κ2) is 10.1. The largest absolute Gasteiger partial charge is 0.405 e. The van der Waals surface area contributed by atoms with Gasteiger partial charge in [0, 0.05) is 17.7 Å². The Morgan fingerprint density at radius 1 is 1.26 bits per heavy atom. The number of H-pyrrole nitrogens is 1. The first kappa shape index (κ1) is 21.6. The molecule has 0 unspecified atom stereocenters. The van der Waals surface area contributed by atoms with Crippen molar-refractivity contribution in [2.24, 2.45) is 5.73 Å². The van der Waals surface area contributed by atoms with Crippen LogP contribution in [-0.2, 0) is 11.3 Å². The summed E-state index contributed by atoms with van der Waals surface area (Å²) in [5.74, 6) is -0.370. The molecule has 0 radical (unpaired) electrons. The molecule has 3 aromatic rings. The van der Waals surface area contributed by atoms with E-state index in [9.17, 15) is 9.18 Å². The molecule has 0 atom stereocenters. The zero-order valence-electron chi connectivity index (χ0n) is 17.1. The number of carbonyl (C=O) groups excluding carboxylic acids is 1. The van der Waals surface area contributed by atoms with Crippen LogP contribution < -0.4 is 10.6 Å². The van der Waals surface area contributed by atoms with Crippen LogP contribution in [0.1, 0.15) is 24.5 Å². The first-order valence-corrected chi connectivity index (χ1v) is 9.70. The molecule has 1 heterocycles. The number of halogens is 1. The van der Waals surface area contributed by atoms with Crippen molar-refractivity contribution in [2.45, 2.75) is 19.9 Å². The van der Waals surface area contributed by atoms with Crippen molar-refractivity contribution in [1.29, 1.82) is 0 Å². The Hall–Kier alpha value is -4.07. The number of rotatable bonds is 8. The summed E-state index contributed by atoms with van der Waals surface area (Å²) in [6.45, 7) is 5.77. The summed E-state index contributed by atoms with van der Waals surface area (Å²) in [4.78, 5) is 14.2. The van der Waals surface area contributed by atoms with Crippen molar-refractivity contribution in [3.8, 4) is 11.4 Å². The third-order valence-corrected chi connectivity index (χ3v) is 4.60. The lowest BCUT2D eigenvalue weighted by molar-refractivity contribution is -0.118. The molecule has 0 spiro atoms. The fourth-order valence-corrected chi connectivity index (χ4v) is 3.12. The van der Waals surface area contributed by atoms with Gasteiger partial charge in [-0.05, 0) is 52.4 Å². The summed E-state index contributed by atoms with van der Waals surface area (Å²) in [6, 6.07) is 12.0. The number of allylic oxidation sites excluding steroid dienone is 4. The highest BCUT2D eigenvalue weighted by molar-refractivity contribution is 5.93. The van der Waals surface area contributed by atoms with E-state index in [2.05, 4.69) is 27.2 Å². The molecule has 8 heteroatoms. The number of hydrogen-bond acceptors (Lipinski definition) is 5. The van der Waals surface area contributed by atoms with Gasteiger partial charge in [0.2, 0.25) is 11.7 Å². The molecule has 7 nitrogen and oxygen atoms in total. The van der Waals surface area contributed by atoms with E-state index >= 15 is 0 Å². The summed E-state index contributed by atoms with van der Waals surface area (Å²) in [5, 5.41) is 13.6. The minimum atomic E-state index is -0.491. The van der Waals surface area contributed by atoms with Crippen molar-refractivity contribution < 1.29 is 9.18 Å². The molecule has 0 aliphatic heterocycles. The van der Waals surface area contributed by atoms with E-state index in [4.69, 9.17) is 5.73 Å². The van der Waals surface area contributed by atoms with E-state index in [1.165, 1.54) is 18.3 Å².